The van der Waals surface area contributed by atoms with E-state index in [9.17, 15) is 0 Å². The topological polar surface area (TPSA) is 56.3 Å². The quantitative estimate of drug-likeness (QED) is 0.913. The van der Waals surface area contributed by atoms with E-state index in [2.05, 4.69) is 31.2 Å². The van der Waals surface area contributed by atoms with E-state index in [4.69, 9.17) is 9.47 Å². The minimum atomic E-state index is 0.452. The highest BCUT2D eigenvalue weighted by Gasteiger charge is 2.10. The summed E-state index contributed by atoms with van der Waals surface area (Å²) in [4.78, 5) is 8.17. The number of rotatable bonds is 5. The molecule has 2 aromatic rings. The second-order valence-corrected chi connectivity index (χ2v) is 4.39. The molecule has 0 saturated carbocycles. The number of benzene rings is 1. The van der Waals surface area contributed by atoms with Gasteiger partial charge in [-0.1, -0.05) is 6.07 Å². The molecule has 0 atom stereocenters. The fraction of sp³-hybridized carbons (Fsp3) is 0.231. The molecule has 0 aliphatic rings. The van der Waals surface area contributed by atoms with Gasteiger partial charge in [0, 0.05) is 13.1 Å². The van der Waals surface area contributed by atoms with E-state index in [1.807, 2.05) is 31.2 Å². The molecule has 19 heavy (non-hydrogen) atoms. The van der Waals surface area contributed by atoms with Gasteiger partial charge in [-0.15, -0.1) is 0 Å². The van der Waals surface area contributed by atoms with Crippen LogP contribution in [0.2, 0.25) is 0 Å². The Labute approximate surface area is 120 Å². The van der Waals surface area contributed by atoms with Crippen LogP contribution < -0.4 is 14.8 Å². The number of nitrogens with zero attached hydrogens (tertiary/aromatic N) is 2. The molecule has 5 nitrogen and oxygen atoms in total. The number of aromatic nitrogens is 2. The summed E-state index contributed by atoms with van der Waals surface area (Å²) in [6.45, 7) is 2.55. The third-order valence-corrected chi connectivity index (χ3v) is 3.04. The van der Waals surface area contributed by atoms with Gasteiger partial charge in [0.2, 0.25) is 5.88 Å². The molecule has 0 aliphatic carbocycles. The molecule has 0 unspecified atom stereocenters. The summed E-state index contributed by atoms with van der Waals surface area (Å²) in [5.41, 5.74) is 0. The van der Waals surface area contributed by atoms with Crippen LogP contribution in [0.5, 0.6) is 17.4 Å². The maximum Gasteiger partial charge on any atom is 0.238 e. The van der Waals surface area contributed by atoms with Gasteiger partial charge in [0.1, 0.15) is 28.1 Å². The van der Waals surface area contributed by atoms with Gasteiger partial charge in [0.15, 0.2) is 0 Å². The SMILES string of the molecule is CCOc1cccc(Oc2ncnc(NC)c2Br)c1. The minimum absolute atomic E-state index is 0.452. The first kappa shape index (κ1) is 13.6. The predicted molar refractivity (Wildman–Crippen MR) is 77.0 cm³/mol. The molecular weight excluding hydrogens is 310 g/mol. The van der Waals surface area contributed by atoms with Gasteiger partial charge >= 0.3 is 0 Å². The van der Waals surface area contributed by atoms with Crippen molar-refractivity contribution in [3.63, 3.8) is 0 Å². The lowest BCUT2D eigenvalue weighted by molar-refractivity contribution is 0.338. The normalized spacial score (nSPS) is 10.1. The summed E-state index contributed by atoms with van der Waals surface area (Å²) in [5.74, 6) is 2.55. The number of halogens is 1. The molecule has 0 fully saturated rings. The number of hydrogen-bond donors (Lipinski definition) is 1. The molecule has 0 aliphatic heterocycles. The average Bonchev–Trinajstić information content (AvgIpc) is 2.42. The standard InChI is InChI=1S/C13H14BrN3O2/c1-3-18-9-5-4-6-10(7-9)19-13-11(14)12(15-2)16-8-17-13/h4-8H,3H2,1-2H3,(H,15,16,17). The van der Waals surface area contributed by atoms with E-state index in [-0.39, 0.29) is 0 Å². The highest BCUT2D eigenvalue weighted by atomic mass is 79.9. The second kappa shape index (κ2) is 6.38. The fourth-order valence-corrected chi connectivity index (χ4v) is 1.99. The Bertz CT molecular complexity index is 563. The van der Waals surface area contributed by atoms with Crippen LogP contribution >= 0.6 is 15.9 Å². The molecule has 6 heteroatoms. The summed E-state index contributed by atoms with van der Waals surface area (Å²) in [5, 5.41) is 2.95. The van der Waals surface area contributed by atoms with Crippen molar-refractivity contribution in [2.45, 2.75) is 6.92 Å². The van der Waals surface area contributed by atoms with Crippen molar-refractivity contribution in [2.75, 3.05) is 19.0 Å². The fourth-order valence-electron chi connectivity index (χ4n) is 1.50. The highest BCUT2D eigenvalue weighted by Crippen LogP contribution is 2.32. The lowest BCUT2D eigenvalue weighted by Crippen LogP contribution is -1.98. The van der Waals surface area contributed by atoms with E-state index >= 15 is 0 Å². The van der Waals surface area contributed by atoms with Gasteiger partial charge in [-0.25, -0.2) is 9.97 Å². The van der Waals surface area contributed by atoms with Crippen LogP contribution in [0.3, 0.4) is 0 Å². The zero-order chi connectivity index (χ0) is 13.7. The smallest absolute Gasteiger partial charge is 0.238 e. The third kappa shape index (κ3) is 3.35. The second-order valence-electron chi connectivity index (χ2n) is 3.60. The van der Waals surface area contributed by atoms with Crippen LogP contribution in [-0.2, 0) is 0 Å². The minimum Gasteiger partial charge on any atom is -0.494 e. The largest absolute Gasteiger partial charge is 0.494 e. The Kier molecular flexibility index (Phi) is 4.57. The van der Waals surface area contributed by atoms with Gasteiger partial charge in [-0.2, -0.15) is 0 Å². The maximum atomic E-state index is 5.72. The molecule has 0 radical (unpaired) electrons. The van der Waals surface area contributed by atoms with Crippen LogP contribution in [0.15, 0.2) is 35.1 Å². The summed E-state index contributed by atoms with van der Waals surface area (Å²) in [7, 11) is 1.78. The number of ether oxygens (including phenoxy) is 2. The molecular formula is C13H14BrN3O2. The Morgan fingerprint density at radius 2 is 2.05 bits per heavy atom. The van der Waals surface area contributed by atoms with Crippen LogP contribution in [-0.4, -0.2) is 23.6 Å². The maximum absolute atomic E-state index is 5.72. The predicted octanol–water partition coefficient (Wildman–Crippen LogP) is 3.47. The Morgan fingerprint density at radius 1 is 1.26 bits per heavy atom. The monoisotopic (exact) mass is 323 g/mol. The van der Waals surface area contributed by atoms with E-state index < -0.39 is 0 Å². The van der Waals surface area contributed by atoms with Gasteiger partial charge in [0.25, 0.3) is 0 Å². The van der Waals surface area contributed by atoms with E-state index in [0.717, 1.165) is 5.75 Å². The first-order chi connectivity index (χ1) is 9.24. The van der Waals surface area contributed by atoms with Crippen LogP contribution in [0.4, 0.5) is 5.82 Å². The summed E-state index contributed by atoms with van der Waals surface area (Å²) < 4.78 is 11.8. The lowest BCUT2D eigenvalue weighted by Gasteiger charge is -2.10. The zero-order valence-electron chi connectivity index (χ0n) is 10.7. The molecule has 1 heterocycles. The molecule has 1 aromatic heterocycles. The molecule has 1 aromatic carbocycles. The van der Waals surface area contributed by atoms with E-state index in [0.29, 0.717) is 28.5 Å². The van der Waals surface area contributed by atoms with Crippen molar-refractivity contribution < 1.29 is 9.47 Å². The first-order valence-corrected chi connectivity index (χ1v) is 6.63. The van der Waals surface area contributed by atoms with Crippen LogP contribution in [0.1, 0.15) is 6.92 Å². The number of anilines is 1. The summed E-state index contributed by atoms with van der Waals surface area (Å²) in [6, 6.07) is 7.41. The molecule has 0 spiro atoms. The summed E-state index contributed by atoms with van der Waals surface area (Å²) in [6.07, 6.45) is 1.44. The van der Waals surface area contributed by atoms with E-state index in [1.54, 1.807) is 7.05 Å². The van der Waals surface area contributed by atoms with Crippen molar-refractivity contribution in [1.29, 1.82) is 0 Å². The molecule has 100 valence electrons. The average molecular weight is 324 g/mol. The van der Waals surface area contributed by atoms with Crippen LogP contribution in [0, 0.1) is 0 Å². The summed E-state index contributed by atoms with van der Waals surface area (Å²) >= 11 is 3.40. The highest BCUT2D eigenvalue weighted by molar-refractivity contribution is 9.10. The third-order valence-electron chi connectivity index (χ3n) is 2.33. The molecule has 1 N–H and O–H groups in total. The Morgan fingerprint density at radius 3 is 2.79 bits per heavy atom. The first-order valence-electron chi connectivity index (χ1n) is 5.83. The number of hydrogen-bond acceptors (Lipinski definition) is 5. The van der Waals surface area contributed by atoms with E-state index in [1.165, 1.54) is 6.33 Å². The van der Waals surface area contributed by atoms with Crippen molar-refractivity contribution >= 4 is 21.7 Å². The Hall–Kier alpha value is -1.82. The molecule has 0 amide bonds. The zero-order valence-corrected chi connectivity index (χ0v) is 12.3. The van der Waals surface area contributed by atoms with Crippen molar-refractivity contribution in [2.24, 2.45) is 0 Å². The van der Waals surface area contributed by atoms with Gasteiger partial charge < -0.3 is 14.8 Å². The Balaban J connectivity index is 2.23. The van der Waals surface area contributed by atoms with Gasteiger partial charge in [-0.3, -0.25) is 0 Å². The number of nitrogens with one attached hydrogen (secondary N) is 1. The molecule has 0 bridgehead atoms. The van der Waals surface area contributed by atoms with Crippen molar-refractivity contribution in [1.82, 2.24) is 9.97 Å². The van der Waals surface area contributed by atoms with Crippen molar-refractivity contribution in [3.8, 4) is 17.4 Å². The van der Waals surface area contributed by atoms with Gasteiger partial charge in [-0.05, 0) is 35.0 Å². The molecule has 0 saturated heterocycles. The van der Waals surface area contributed by atoms with Gasteiger partial charge in [0.05, 0.1) is 6.61 Å². The van der Waals surface area contributed by atoms with Crippen LogP contribution in [0.25, 0.3) is 0 Å². The lowest BCUT2D eigenvalue weighted by atomic mass is 10.3. The van der Waals surface area contributed by atoms with Crippen molar-refractivity contribution in [3.05, 3.63) is 35.1 Å². The molecule has 2 rings (SSSR count).